The van der Waals surface area contributed by atoms with Crippen molar-refractivity contribution in [3.05, 3.63) is 12.7 Å². The third-order valence-electron chi connectivity index (χ3n) is 3.61. The Morgan fingerprint density at radius 3 is 2.80 bits per heavy atom. The van der Waals surface area contributed by atoms with E-state index < -0.39 is 0 Å². The normalized spacial score (nSPS) is 25.7. The van der Waals surface area contributed by atoms with Crippen LogP contribution in [-0.2, 0) is 0 Å². The summed E-state index contributed by atoms with van der Waals surface area (Å²) in [6, 6.07) is 0. The van der Waals surface area contributed by atoms with Crippen molar-refractivity contribution in [1.29, 1.82) is 0 Å². The lowest BCUT2D eigenvalue weighted by molar-refractivity contribution is 0.107. The van der Waals surface area contributed by atoms with Gasteiger partial charge in [0.15, 0.2) is 5.96 Å². The number of nitrogens with zero attached hydrogens (tertiary/aromatic N) is 3. The van der Waals surface area contributed by atoms with E-state index in [1.165, 1.54) is 0 Å². The molecule has 0 aliphatic carbocycles. The minimum Gasteiger partial charge on any atom is -0.370 e. The van der Waals surface area contributed by atoms with E-state index in [4.69, 9.17) is 5.73 Å². The Morgan fingerprint density at radius 1 is 1.53 bits per heavy atom. The van der Waals surface area contributed by atoms with Crippen molar-refractivity contribution >= 4 is 5.96 Å². The van der Waals surface area contributed by atoms with Crippen molar-refractivity contribution in [1.82, 2.24) is 9.80 Å². The monoisotopic (exact) mass is 208 g/mol. The van der Waals surface area contributed by atoms with Gasteiger partial charge in [-0.2, -0.15) is 0 Å². The van der Waals surface area contributed by atoms with E-state index in [1.54, 1.807) is 0 Å². The fourth-order valence-corrected chi connectivity index (χ4v) is 2.52. The van der Waals surface area contributed by atoms with E-state index in [0.29, 0.717) is 5.96 Å². The third-order valence-corrected chi connectivity index (χ3v) is 3.61. The Kier molecular flexibility index (Phi) is 2.69. The summed E-state index contributed by atoms with van der Waals surface area (Å²) in [5.74, 6) is 0.694. The van der Waals surface area contributed by atoms with E-state index >= 15 is 0 Å². The Bertz CT molecular complexity index is 276. The second-order valence-electron chi connectivity index (χ2n) is 4.60. The first kappa shape index (κ1) is 10.5. The first-order valence-electron chi connectivity index (χ1n) is 5.55. The van der Waals surface area contributed by atoms with Crippen molar-refractivity contribution in [2.45, 2.75) is 18.4 Å². The van der Waals surface area contributed by atoms with Gasteiger partial charge in [-0.3, -0.25) is 4.99 Å². The zero-order chi connectivity index (χ0) is 10.9. The molecule has 1 fully saturated rings. The maximum Gasteiger partial charge on any atom is 0.192 e. The maximum atomic E-state index is 5.92. The summed E-state index contributed by atoms with van der Waals surface area (Å²) in [7, 11) is 2.17. The van der Waals surface area contributed by atoms with Gasteiger partial charge in [0, 0.05) is 19.6 Å². The van der Waals surface area contributed by atoms with Crippen molar-refractivity contribution < 1.29 is 0 Å². The minimum atomic E-state index is 0.185. The first-order chi connectivity index (χ1) is 7.18. The van der Waals surface area contributed by atoms with Gasteiger partial charge in [0.2, 0.25) is 0 Å². The summed E-state index contributed by atoms with van der Waals surface area (Å²) in [6.45, 7) is 7.74. The number of guanidine groups is 1. The predicted molar refractivity (Wildman–Crippen MR) is 62.9 cm³/mol. The Labute approximate surface area is 91.4 Å². The first-order valence-corrected chi connectivity index (χ1v) is 5.55. The molecule has 84 valence electrons. The van der Waals surface area contributed by atoms with Crippen molar-refractivity contribution in [2.24, 2.45) is 10.7 Å². The number of hydrogen-bond donors (Lipinski definition) is 1. The standard InChI is InChI=1S/C11H20N4/c1-3-6-15-10(12)13-9-11(15)4-7-14(2)8-5-11/h3H,1,4-9H2,2H3,(H2,12,13). The highest BCUT2D eigenvalue weighted by atomic mass is 15.4. The summed E-state index contributed by atoms with van der Waals surface area (Å²) in [6.07, 6.45) is 4.22. The van der Waals surface area contributed by atoms with Gasteiger partial charge in [-0.05, 0) is 19.9 Å². The number of likely N-dealkylation sites (tertiary alicyclic amines) is 1. The van der Waals surface area contributed by atoms with Gasteiger partial charge in [-0.25, -0.2) is 0 Å². The van der Waals surface area contributed by atoms with Crippen LogP contribution in [0.2, 0.25) is 0 Å². The van der Waals surface area contributed by atoms with Gasteiger partial charge in [-0.15, -0.1) is 6.58 Å². The van der Waals surface area contributed by atoms with Crippen molar-refractivity contribution in [3.8, 4) is 0 Å². The maximum absolute atomic E-state index is 5.92. The van der Waals surface area contributed by atoms with Crippen LogP contribution in [0.15, 0.2) is 17.6 Å². The minimum absolute atomic E-state index is 0.185. The highest BCUT2D eigenvalue weighted by Gasteiger charge is 2.43. The molecule has 4 nitrogen and oxygen atoms in total. The molecule has 0 atom stereocenters. The molecule has 0 unspecified atom stereocenters. The molecule has 0 amide bonds. The van der Waals surface area contributed by atoms with Crippen LogP contribution in [0.4, 0.5) is 0 Å². The zero-order valence-corrected chi connectivity index (χ0v) is 9.45. The molecule has 0 radical (unpaired) electrons. The van der Waals surface area contributed by atoms with Crippen LogP contribution < -0.4 is 5.73 Å². The van der Waals surface area contributed by atoms with Gasteiger partial charge in [0.05, 0.1) is 12.1 Å². The fourth-order valence-electron chi connectivity index (χ4n) is 2.52. The Hall–Kier alpha value is -1.03. The number of aliphatic imine (C=N–C) groups is 1. The van der Waals surface area contributed by atoms with Crippen LogP contribution in [0.5, 0.6) is 0 Å². The Morgan fingerprint density at radius 2 is 2.20 bits per heavy atom. The number of piperidine rings is 1. The predicted octanol–water partition coefficient (Wildman–Crippen LogP) is 0.267. The van der Waals surface area contributed by atoms with E-state index in [2.05, 4.69) is 28.4 Å². The van der Waals surface area contributed by atoms with Gasteiger partial charge in [0.1, 0.15) is 0 Å². The second-order valence-corrected chi connectivity index (χ2v) is 4.60. The topological polar surface area (TPSA) is 44.9 Å². The van der Waals surface area contributed by atoms with Gasteiger partial charge >= 0.3 is 0 Å². The van der Waals surface area contributed by atoms with Crippen LogP contribution in [0.25, 0.3) is 0 Å². The lowest BCUT2D eigenvalue weighted by Crippen LogP contribution is -2.56. The average Bonchev–Trinajstić information content (AvgIpc) is 2.53. The molecule has 2 aliphatic heterocycles. The van der Waals surface area contributed by atoms with Crippen LogP contribution >= 0.6 is 0 Å². The lowest BCUT2D eigenvalue weighted by Gasteiger charge is -2.44. The Balaban J connectivity index is 2.11. The molecule has 1 saturated heterocycles. The molecule has 4 heteroatoms. The molecule has 15 heavy (non-hydrogen) atoms. The van der Waals surface area contributed by atoms with Crippen LogP contribution in [0, 0.1) is 0 Å². The molecule has 0 aromatic rings. The zero-order valence-electron chi connectivity index (χ0n) is 9.45. The summed E-state index contributed by atoms with van der Waals surface area (Å²) >= 11 is 0. The molecule has 0 aromatic carbocycles. The van der Waals surface area contributed by atoms with Crippen molar-refractivity contribution in [3.63, 3.8) is 0 Å². The second kappa shape index (κ2) is 3.85. The molecule has 1 spiro atoms. The quantitative estimate of drug-likeness (QED) is 0.662. The van der Waals surface area contributed by atoms with E-state index in [0.717, 1.165) is 39.0 Å². The van der Waals surface area contributed by atoms with Crippen LogP contribution in [0.3, 0.4) is 0 Å². The smallest absolute Gasteiger partial charge is 0.192 e. The molecule has 2 rings (SSSR count). The molecule has 0 saturated carbocycles. The summed E-state index contributed by atoms with van der Waals surface area (Å²) in [5.41, 5.74) is 6.11. The molecule has 2 aliphatic rings. The van der Waals surface area contributed by atoms with Gasteiger partial charge in [-0.1, -0.05) is 6.08 Å². The third kappa shape index (κ3) is 1.74. The van der Waals surface area contributed by atoms with E-state index in [9.17, 15) is 0 Å². The number of rotatable bonds is 2. The molecule has 0 aromatic heterocycles. The molecular weight excluding hydrogens is 188 g/mol. The molecular formula is C11H20N4. The van der Waals surface area contributed by atoms with Gasteiger partial charge < -0.3 is 15.5 Å². The highest BCUT2D eigenvalue weighted by molar-refractivity contribution is 5.81. The molecule has 2 heterocycles. The van der Waals surface area contributed by atoms with Gasteiger partial charge in [0.25, 0.3) is 0 Å². The largest absolute Gasteiger partial charge is 0.370 e. The SMILES string of the molecule is C=CCN1C(N)=NCC12CCN(C)CC2. The molecule has 0 bridgehead atoms. The number of nitrogens with two attached hydrogens (primary N) is 1. The summed E-state index contributed by atoms with van der Waals surface area (Å²) < 4.78 is 0. The van der Waals surface area contributed by atoms with Crippen molar-refractivity contribution in [2.75, 3.05) is 33.2 Å². The van der Waals surface area contributed by atoms with E-state index in [1.807, 2.05) is 6.08 Å². The fraction of sp³-hybridized carbons (Fsp3) is 0.727. The van der Waals surface area contributed by atoms with Crippen LogP contribution in [0.1, 0.15) is 12.8 Å². The summed E-state index contributed by atoms with van der Waals surface area (Å²) in [4.78, 5) is 8.99. The lowest BCUT2D eigenvalue weighted by atomic mass is 9.87. The highest BCUT2D eigenvalue weighted by Crippen LogP contribution is 2.32. The summed E-state index contributed by atoms with van der Waals surface area (Å²) in [5, 5.41) is 0. The number of hydrogen-bond acceptors (Lipinski definition) is 4. The van der Waals surface area contributed by atoms with Crippen LogP contribution in [-0.4, -0.2) is 54.5 Å². The molecule has 2 N–H and O–H groups in total. The average molecular weight is 208 g/mol. The van der Waals surface area contributed by atoms with E-state index in [-0.39, 0.29) is 5.54 Å².